The topological polar surface area (TPSA) is 17.0 Å². The molecule has 2 heterocycles. The van der Waals surface area contributed by atoms with E-state index in [4.69, 9.17) is 0 Å². The summed E-state index contributed by atoms with van der Waals surface area (Å²) in [5.41, 5.74) is 4.64. The van der Waals surface area contributed by atoms with Crippen LogP contribution in [0, 0.1) is 0 Å². The highest BCUT2D eigenvalue weighted by molar-refractivity contribution is 5.86. The summed E-state index contributed by atoms with van der Waals surface area (Å²) in [6.45, 7) is 2.25. The number of hydrogen-bond acceptors (Lipinski definition) is 1. The number of para-hydroxylation sites is 1. The van der Waals surface area contributed by atoms with Gasteiger partial charge in [0.2, 0.25) is 0 Å². The SMILES string of the molecule is Cl.c1ccc2c(c1)c1c3n2CCNC3CCC1. The van der Waals surface area contributed by atoms with Crippen molar-refractivity contribution in [3.05, 3.63) is 35.5 Å². The highest BCUT2D eigenvalue weighted by Crippen LogP contribution is 2.38. The molecule has 0 radical (unpaired) electrons. The number of benzene rings is 1. The van der Waals surface area contributed by atoms with Crippen LogP contribution in [-0.2, 0) is 13.0 Å². The number of fused-ring (bicyclic) bond motifs is 3. The molecule has 4 rings (SSSR count). The zero-order chi connectivity index (χ0) is 10.5. The summed E-state index contributed by atoms with van der Waals surface area (Å²) in [5, 5.41) is 5.15. The second kappa shape index (κ2) is 4.04. The summed E-state index contributed by atoms with van der Waals surface area (Å²) >= 11 is 0. The van der Waals surface area contributed by atoms with Gasteiger partial charge < -0.3 is 9.88 Å². The first kappa shape index (κ1) is 11.1. The molecule has 2 aliphatic rings. The van der Waals surface area contributed by atoms with E-state index < -0.39 is 0 Å². The molecule has 17 heavy (non-hydrogen) atoms. The van der Waals surface area contributed by atoms with Crippen molar-refractivity contribution in [1.29, 1.82) is 0 Å². The van der Waals surface area contributed by atoms with Crippen molar-refractivity contribution in [3.8, 4) is 0 Å². The van der Waals surface area contributed by atoms with E-state index in [2.05, 4.69) is 34.1 Å². The standard InChI is InChI=1S/C14H16N2.ClH/c1-2-7-13-10(4-1)11-5-3-6-12-14(11)16(13)9-8-15-12;/h1-2,4,7,12,15H,3,5-6,8-9H2;1H. The van der Waals surface area contributed by atoms with Crippen molar-refractivity contribution >= 4 is 23.3 Å². The van der Waals surface area contributed by atoms with Gasteiger partial charge in [-0.1, -0.05) is 18.2 Å². The molecule has 0 spiro atoms. The number of hydrogen-bond donors (Lipinski definition) is 1. The Morgan fingerprint density at radius 2 is 2.12 bits per heavy atom. The summed E-state index contributed by atoms with van der Waals surface area (Å²) in [4.78, 5) is 0. The molecule has 1 unspecified atom stereocenters. The Morgan fingerprint density at radius 1 is 1.24 bits per heavy atom. The Hall–Kier alpha value is -0.990. The van der Waals surface area contributed by atoms with E-state index >= 15 is 0 Å². The summed E-state index contributed by atoms with van der Waals surface area (Å²) < 4.78 is 2.55. The van der Waals surface area contributed by atoms with Crippen LogP contribution in [0.3, 0.4) is 0 Å². The van der Waals surface area contributed by atoms with Crippen molar-refractivity contribution in [2.24, 2.45) is 0 Å². The van der Waals surface area contributed by atoms with E-state index in [0.29, 0.717) is 6.04 Å². The van der Waals surface area contributed by atoms with Gasteiger partial charge in [-0.25, -0.2) is 0 Å². The van der Waals surface area contributed by atoms with Crippen LogP contribution in [0.4, 0.5) is 0 Å². The lowest BCUT2D eigenvalue weighted by atomic mass is 9.91. The zero-order valence-electron chi connectivity index (χ0n) is 9.78. The minimum Gasteiger partial charge on any atom is -0.342 e. The predicted molar refractivity (Wildman–Crippen MR) is 72.9 cm³/mol. The lowest BCUT2D eigenvalue weighted by Crippen LogP contribution is -2.35. The third kappa shape index (κ3) is 1.44. The van der Waals surface area contributed by atoms with Crippen molar-refractivity contribution in [2.45, 2.75) is 31.8 Å². The van der Waals surface area contributed by atoms with Gasteiger partial charge in [0.15, 0.2) is 0 Å². The number of nitrogens with one attached hydrogen (secondary N) is 1. The lowest BCUT2D eigenvalue weighted by molar-refractivity contribution is 0.384. The smallest absolute Gasteiger partial charge is 0.0486 e. The van der Waals surface area contributed by atoms with Gasteiger partial charge in [0.05, 0.1) is 0 Å². The number of aryl methyl sites for hydroxylation is 1. The second-order valence-electron chi connectivity index (χ2n) is 4.93. The zero-order valence-corrected chi connectivity index (χ0v) is 10.6. The average Bonchev–Trinajstić information content (AvgIpc) is 2.68. The molecule has 0 bridgehead atoms. The first-order chi connectivity index (χ1) is 7.95. The average molecular weight is 249 g/mol. The molecular weight excluding hydrogens is 232 g/mol. The van der Waals surface area contributed by atoms with Crippen LogP contribution < -0.4 is 5.32 Å². The fraction of sp³-hybridized carbons (Fsp3) is 0.429. The van der Waals surface area contributed by atoms with E-state index in [0.717, 1.165) is 13.1 Å². The molecule has 1 aliphatic carbocycles. The maximum absolute atomic E-state index is 3.66. The number of halogens is 1. The van der Waals surface area contributed by atoms with Gasteiger partial charge in [0, 0.05) is 35.7 Å². The summed E-state index contributed by atoms with van der Waals surface area (Å²) in [5.74, 6) is 0. The van der Waals surface area contributed by atoms with Gasteiger partial charge in [0.1, 0.15) is 0 Å². The molecule has 0 fully saturated rings. The quantitative estimate of drug-likeness (QED) is 0.758. The Labute approximate surface area is 107 Å². The van der Waals surface area contributed by atoms with E-state index in [9.17, 15) is 0 Å². The van der Waals surface area contributed by atoms with Gasteiger partial charge in [0.25, 0.3) is 0 Å². The molecule has 1 atom stereocenters. The van der Waals surface area contributed by atoms with Crippen molar-refractivity contribution < 1.29 is 0 Å². The molecule has 1 N–H and O–H groups in total. The molecular formula is C14H17ClN2. The lowest BCUT2D eigenvalue weighted by Gasteiger charge is -2.31. The van der Waals surface area contributed by atoms with Crippen molar-refractivity contribution in [3.63, 3.8) is 0 Å². The first-order valence-electron chi connectivity index (χ1n) is 6.28. The number of aromatic nitrogens is 1. The maximum atomic E-state index is 3.66. The van der Waals surface area contributed by atoms with Gasteiger partial charge in [-0.2, -0.15) is 0 Å². The van der Waals surface area contributed by atoms with Crippen LogP contribution >= 0.6 is 12.4 Å². The van der Waals surface area contributed by atoms with Crippen LogP contribution in [0.5, 0.6) is 0 Å². The van der Waals surface area contributed by atoms with E-state index in [-0.39, 0.29) is 12.4 Å². The van der Waals surface area contributed by atoms with E-state index in [1.807, 2.05) is 0 Å². The summed E-state index contributed by atoms with van der Waals surface area (Å²) in [6.07, 6.45) is 3.91. The van der Waals surface area contributed by atoms with Gasteiger partial charge >= 0.3 is 0 Å². The summed E-state index contributed by atoms with van der Waals surface area (Å²) in [7, 11) is 0. The Morgan fingerprint density at radius 3 is 3.06 bits per heavy atom. The highest BCUT2D eigenvalue weighted by Gasteiger charge is 2.29. The van der Waals surface area contributed by atoms with Crippen LogP contribution in [0.2, 0.25) is 0 Å². The summed E-state index contributed by atoms with van der Waals surface area (Å²) in [6, 6.07) is 9.51. The van der Waals surface area contributed by atoms with Crippen LogP contribution in [0.25, 0.3) is 10.9 Å². The molecule has 1 aliphatic heterocycles. The molecule has 0 amide bonds. The molecule has 0 saturated carbocycles. The van der Waals surface area contributed by atoms with Gasteiger partial charge in [-0.3, -0.25) is 0 Å². The van der Waals surface area contributed by atoms with Gasteiger partial charge in [-0.05, 0) is 30.9 Å². The predicted octanol–water partition coefficient (Wildman–Crippen LogP) is 3.04. The van der Waals surface area contributed by atoms with Crippen LogP contribution in [-0.4, -0.2) is 11.1 Å². The molecule has 1 aromatic carbocycles. The molecule has 3 heteroatoms. The monoisotopic (exact) mass is 248 g/mol. The Bertz CT molecular complexity index is 512. The molecule has 90 valence electrons. The second-order valence-corrected chi connectivity index (χ2v) is 4.93. The van der Waals surface area contributed by atoms with Crippen LogP contribution in [0.1, 0.15) is 30.1 Å². The molecule has 2 aromatic rings. The largest absolute Gasteiger partial charge is 0.342 e. The minimum atomic E-state index is 0. The highest BCUT2D eigenvalue weighted by atomic mass is 35.5. The van der Waals surface area contributed by atoms with E-state index in [1.54, 1.807) is 11.3 Å². The van der Waals surface area contributed by atoms with Crippen molar-refractivity contribution in [1.82, 2.24) is 9.88 Å². The number of nitrogens with zero attached hydrogens (tertiary/aromatic N) is 1. The Kier molecular flexibility index (Phi) is 2.64. The number of rotatable bonds is 0. The first-order valence-corrected chi connectivity index (χ1v) is 6.28. The Balaban J connectivity index is 0.000000902. The normalized spacial score (nSPS) is 22.0. The fourth-order valence-electron chi connectivity index (χ4n) is 3.47. The fourth-order valence-corrected chi connectivity index (χ4v) is 3.47. The minimum absolute atomic E-state index is 0. The third-order valence-corrected chi connectivity index (χ3v) is 4.10. The third-order valence-electron chi connectivity index (χ3n) is 4.10. The van der Waals surface area contributed by atoms with Gasteiger partial charge in [-0.15, -0.1) is 12.4 Å². The van der Waals surface area contributed by atoms with E-state index in [1.165, 1.54) is 30.2 Å². The van der Waals surface area contributed by atoms with Crippen molar-refractivity contribution in [2.75, 3.05) is 6.54 Å². The molecule has 2 nitrogen and oxygen atoms in total. The van der Waals surface area contributed by atoms with Crippen LogP contribution in [0.15, 0.2) is 24.3 Å². The molecule has 0 saturated heterocycles. The maximum Gasteiger partial charge on any atom is 0.0486 e. The molecule has 1 aromatic heterocycles.